The second-order valence-electron chi connectivity index (χ2n) is 5.54. The van der Waals surface area contributed by atoms with Crippen LogP contribution in [0.1, 0.15) is 12.8 Å². The Morgan fingerprint density at radius 1 is 1.29 bits per heavy atom. The summed E-state index contributed by atoms with van der Waals surface area (Å²) in [4.78, 5) is 20.4. The molecule has 5 nitrogen and oxygen atoms in total. The molecule has 5 heteroatoms. The molecule has 0 atom stereocenters. The number of amides is 1. The first-order chi connectivity index (χ1) is 10.2. The molecule has 1 aromatic carbocycles. The maximum atomic E-state index is 12.3. The second-order valence-corrected chi connectivity index (χ2v) is 5.54. The van der Waals surface area contributed by atoms with Crippen LogP contribution in [0.5, 0.6) is 0 Å². The number of anilines is 2. The smallest absolute Gasteiger partial charge is 0.242 e. The van der Waals surface area contributed by atoms with E-state index in [0.29, 0.717) is 6.54 Å². The van der Waals surface area contributed by atoms with Gasteiger partial charge in [0.2, 0.25) is 5.91 Å². The highest BCUT2D eigenvalue weighted by Gasteiger charge is 2.20. The zero-order chi connectivity index (χ0) is 14.8. The average Bonchev–Trinajstić information content (AvgIpc) is 3.02. The highest BCUT2D eigenvalue weighted by atomic mass is 16.2. The molecule has 1 aromatic heterocycles. The van der Waals surface area contributed by atoms with Crippen LogP contribution < -0.4 is 10.6 Å². The summed E-state index contributed by atoms with van der Waals surface area (Å²) in [5.41, 5.74) is 7.72. The van der Waals surface area contributed by atoms with Crippen molar-refractivity contribution < 1.29 is 4.79 Å². The van der Waals surface area contributed by atoms with Gasteiger partial charge in [0.15, 0.2) is 0 Å². The molecule has 0 saturated carbocycles. The average molecular weight is 284 g/mol. The Kier molecular flexibility index (Phi) is 3.64. The van der Waals surface area contributed by atoms with Crippen LogP contribution in [0, 0.1) is 0 Å². The molecule has 2 N–H and O–H groups in total. The number of nitrogens with two attached hydrogens (primary N) is 1. The number of hydrogen-bond donors (Lipinski definition) is 1. The second kappa shape index (κ2) is 5.60. The van der Waals surface area contributed by atoms with Gasteiger partial charge in [0.05, 0.1) is 6.54 Å². The van der Waals surface area contributed by atoms with E-state index in [4.69, 9.17) is 5.73 Å². The molecule has 0 bridgehead atoms. The van der Waals surface area contributed by atoms with Crippen molar-refractivity contribution in [3.8, 4) is 0 Å². The molecule has 0 aliphatic carbocycles. The third-order valence-corrected chi connectivity index (χ3v) is 4.07. The van der Waals surface area contributed by atoms with E-state index in [2.05, 4.69) is 4.98 Å². The lowest BCUT2D eigenvalue weighted by Gasteiger charge is -2.24. The maximum absolute atomic E-state index is 12.3. The third-order valence-electron chi connectivity index (χ3n) is 4.07. The molecule has 1 aliphatic heterocycles. The summed E-state index contributed by atoms with van der Waals surface area (Å²) in [6.45, 7) is 2.15. The van der Waals surface area contributed by atoms with E-state index in [9.17, 15) is 4.79 Å². The van der Waals surface area contributed by atoms with Gasteiger partial charge in [-0.05, 0) is 31.0 Å². The number of fused-ring (bicyclic) bond motifs is 1. The Morgan fingerprint density at radius 2 is 2.05 bits per heavy atom. The van der Waals surface area contributed by atoms with E-state index in [-0.39, 0.29) is 5.91 Å². The van der Waals surface area contributed by atoms with E-state index in [1.54, 1.807) is 12.4 Å². The first-order valence-electron chi connectivity index (χ1n) is 7.28. The Hall–Kier alpha value is -2.30. The lowest BCUT2D eigenvalue weighted by molar-refractivity contribution is -0.128. The van der Waals surface area contributed by atoms with Crippen molar-refractivity contribution in [2.45, 2.75) is 12.8 Å². The van der Waals surface area contributed by atoms with Crippen LogP contribution in [0.4, 0.5) is 11.4 Å². The Morgan fingerprint density at radius 3 is 2.81 bits per heavy atom. The molecule has 21 heavy (non-hydrogen) atoms. The molecule has 0 radical (unpaired) electrons. The summed E-state index contributed by atoms with van der Waals surface area (Å²) in [5, 5.41) is 1.96. The van der Waals surface area contributed by atoms with Gasteiger partial charge in [0.1, 0.15) is 0 Å². The maximum Gasteiger partial charge on any atom is 0.242 e. The van der Waals surface area contributed by atoms with Crippen molar-refractivity contribution in [3.05, 3.63) is 30.6 Å². The number of nitrogens with zero attached hydrogens (tertiary/aromatic N) is 3. The molecule has 3 rings (SSSR count). The Labute approximate surface area is 124 Å². The minimum absolute atomic E-state index is 0.184. The van der Waals surface area contributed by atoms with Gasteiger partial charge in [-0.2, -0.15) is 0 Å². The summed E-state index contributed by atoms with van der Waals surface area (Å²) in [6.07, 6.45) is 5.77. The lowest BCUT2D eigenvalue weighted by atomic mass is 10.1. The molecule has 2 aromatic rings. The Bertz CT molecular complexity index is 664. The number of nitrogen functional groups attached to an aromatic ring is 1. The zero-order valence-electron chi connectivity index (χ0n) is 12.2. The fourth-order valence-electron chi connectivity index (χ4n) is 2.89. The van der Waals surface area contributed by atoms with E-state index in [0.717, 1.165) is 48.1 Å². The zero-order valence-corrected chi connectivity index (χ0v) is 12.2. The topological polar surface area (TPSA) is 62.5 Å². The van der Waals surface area contributed by atoms with E-state index >= 15 is 0 Å². The summed E-state index contributed by atoms with van der Waals surface area (Å²) in [5.74, 6) is 0.184. The van der Waals surface area contributed by atoms with Crippen molar-refractivity contribution in [1.82, 2.24) is 9.88 Å². The number of carbonyl (C=O) groups excluding carboxylic acids is 1. The number of aromatic nitrogens is 1. The number of carbonyl (C=O) groups is 1. The molecule has 1 aliphatic rings. The van der Waals surface area contributed by atoms with Gasteiger partial charge in [0.25, 0.3) is 0 Å². The van der Waals surface area contributed by atoms with Gasteiger partial charge in [0, 0.05) is 54.7 Å². The van der Waals surface area contributed by atoms with Crippen molar-refractivity contribution in [2.24, 2.45) is 0 Å². The summed E-state index contributed by atoms with van der Waals surface area (Å²) >= 11 is 0. The SMILES string of the molecule is CN(CC(=O)N1CCCC1)c1ccc(N)c2ccncc12. The van der Waals surface area contributed by atoms with Gasteiger partial charge in [-0.25, -0.2) is 0 Å². The van der Waals surface area contributed by atoms with Gasteiger partial charge < -0.3 is 15.5 Å². The van der Waals surface area contributed by atoms with Crippen LogP contribution in [0.2, 0.25) is 0 Å². The third kappa shape index (κ3) is 2.63. The number of rotatable bonds is 3. The number of hydrogen-bond acceptors (Lipinski definition) is 4. The predicted octanol–water partition coefficient (Wildman–Crippen LogP) is 1.88. The fraction of sp³-hybridized carbons (Fsp3) is 0.375. The number of likely N-dealkylation sites (N-methyl/N-ethyl adjacent to an activating group) is 1. The number of pyridine rings is 1. The van der Waals surface area contributed by atoms with E-state index in [1.807, 2.05) is 35.0 Å². The summed E-state index contributed by atoms with van der Waals surface area (Å²) in [7, 11) is 1.94. The minimum atomic E-state index is 0.184. The van der Waals surface area contributed by atoms with Crippen LogP contribution in [0.25, 0.3) is 10.8 Å². The van der Waals surface area contributed by atoms with Crippen LogP contribution in [-0.2, 0) is 4.79 Å². The number of likely N-dealkylation sites (tertiary alicyclic amines) is 1. The fourth-order valence-corrected chi connectivity index (χ4v) is 2.89. The minimum Gasteiger partial charge on any atom is -0.398 e. The van der Waals surface area contributed by atoms with Gasteiger partial charge >= 0.3 is 0 Å². The van der Waals surface area contributed by atoms with Crippen molar-refractivity contribution in [3.63, 3.8) is 0 Å². The standard InChI is InChI=1S/C16H20N4O/c1-19(11-16(21)20-8-2-3-9-20)15-5-4-14(17)12-6-7-18-10-13(12)15/h4-7,10H,2-3,8-9,11,17H2,1H3. The molecule has 2 heterocycles. The van der Waals surface area contributed by atoms with Crippen LogP contribution in [0.15, 0.2) is 30.6 Å². The molecular weight excluding hydrogens is 264 g/mol. The quantitative estimate of drug-likeness (QED) is 0.874. The van der Waals surface area contributed by atoms with Crippen LogP contribution in [0.3, 0.4) is 0 Å². The highest BCUT2D eigenvalue weighted by Crippen LogP contribution is 2.29. The normalized spacial score (nSPS) is 14.6. The van der Waals surface area contributed by atoms with Gasteiger partial charge in [-0.1, -0.05) is 0 Å². The van der Waals surface area contributed by atoms with Crippen LogP contribution >= 0.6 is 0 Å². The Balaban J connectivity index is 1.86. The highest BCUT2D eigenvalue weighted by molar-refractivity contribution is 6.01. The van der Waals surface area contributed by atoms with Gasteiger partial charge in [-0.3, -0.25) is 9.78 Å². The summed E-state index contributed by atoms with van der Waals surface area (Å²) < 4.78 is 0. The molecule has 110 valence electrons. The first-order valence-corrected chi connectivity index (χ1v) is 7.28. The monoisotopic (exact) mass is 284 g/mol. The predicted molar refractivity (Wildman–Crippen MR) is 85.2 cm³/mol. The first kappa shape index (κ1) is 13.7. The molecular formula is C16H20N4O. The van der Waals surface area contributed by atoms with Crippen LogP contribution in [-0.4, -0.2) is 42.5 Å². The largest absolute Gasteiger partial charge is 0.398 e. The number of benzene rings is 1. The lowest BCUT2D eigenvalue weighted by Crippen LogP contribution is -2.37. The molecule has 0 unspecified atom stereocenters. The van der Waals surface area contributed by atoms with Gasteiger partial charge in [-0.15, -0.1) is 0 Å². The molecule has 1 amide bonds. The van der Waals surface area contributed by atoms with Crippen molar-refractivity contribution in [2.75, 3.05) is 37.3 Å². The molecule has 0 spiro atoms. The van der Waals surface area contributed by atoms with Crippen molar-refractivity contribution >= 4 is 28.1 Å². The summed E-state index contributed by atoms with van der Waals surface area (Å²) in [6, 6.07) is 5.75. The molecule has 1 saturated heterocycles. The van der Waals surface area contributed by atoms with E-state index in [1.165, 1.54) is 0 Å². The molecule has 1 fully saturated rings. The van der Waals surface area contributed by atoms with E-state index < -0.39 is 0 Å². The van der Waals surface area contributed by atoms with Crippen molar-refractivity contribution in [1.29, 1.82) is 0 Å².